The maximum absolute atomic E-state index is 11.8. The van der Waals surface area contributed by atoms with Crippen molar-refractivity contribution >= 4 is 17.3 Å². The molecule has 88 valence electrons. The van der Waals surface area contributed by atoms with Crippen molar-refractivity contribution in [2.45, 2.75) is 25.7 Å². The average Bonchev–Trinajstić information content (AvgIpc) is 2.59. The molecule has 2 heterocycles. The van der Waals surface area contributed by atoms with Crippen molar-refractivity contribution in [1.82, 2.24) is 4.98 Å². The Balaban J connectivity index is 2.40. The SMILES string of the molecule is CCc1nc(C)c(C2(C(=O)OC)COC2)s1. The second-order valence-corrected chi connectivity index (χ2v) is 5.03. The standard InChI is InChI=1S/C11H15NO3S/c1-4-8-12-7(2)9(16-8)11(5-15-6-11)10(13)14-3/h4-6H2,1-3H3. The third kappa shape index (κ3) is 1.55. The van der Waals surface area contributed by atoms with Crippen LogP contribution in [-0.4, -0.2) is 31.3 Å². The molecular formula is C11H15NO3S. The fourth-order valence-electron chi connectivity index (χ4n) is 1.89. The van der Waals surface area contributed by atoms with E-state index >= 15 is 0 Å². The summed E-state index contributed by atoms with van der Waals surface area (Å²) in [6.07, 6.45) is 0.892. The Morgan fingerprint density at radius 3 is 2.69 bits per heavy atom. The molecule has 2 rings (SSSR count). The molecule has 1 saturated heterocycles. The number of ether oxygens (including phenoxy) is 2. The van der Waals surface area contributed by atoms with E-state index in [9.17, 15) is 4.79 Å². The molecule has 1 aliphatic heterocycles. The van der Waals surface area contributed by atoms with Crippen molar-refractivity contribution in [3.05, 3.63) is 15.6 Å². The van der Waals surface area contributed by atoms with Gasteiger partial charge in [0.05, 0.1) is 31.0 Å². The van der Waals surface area contributed by atoms with E-state index in [1.807, 2.05) is 6.92 Å². The van der Waals surface area contributed by atoms with Crippen LogP contribution < -0.4 is 0 Å². The Bertz CT molecular complexity index is 409. The molecule has 0 N–H and O–H groups in total. The van der Waals surface area contributed by atoms with E-state index in [1.165, 1.54) is 7.11 Å². The summed E-state index contributed by atoms with van der Waals surface area (Å²) in [6, 6.07) is 0. The minimum Gasteiger partial charge on any atom is -0.468 e. The lowest BCUT2D eigenvalue weighted by Gasteiger charge is -2.37. The highest BCUT2D eigenvalue weighted by atomic mass is 32.1. The van der Waals surface area contributed by atoms with E-state index in [0.717, 1.165) is 22.0 Å². The zero-order chi connectivity index (χ0) is 11.8. The number of hydrogen-bond donors (Lipinski definition) is 0. The number of hydrogen-bond acceptors (Lipinski definition) is 5. The molecule has 0 radical (unpaired) electrons. The van der Waals surface area contributed by atoms with E-state index in [-0.39, 0.29) is 5.97 Å². The highest BCUT2D eigenvalue weighted by molar-refractivity contribution is 7.12. The van der Waals surface area contributed by atoms with Crippen molar-refractivity contribution in [2.24, 2.45) is 0 Å². The van der Waals surface area contributed by atoms with Crippen LogP contribution in [0.5, 0.6) is 0 Å². The molecule has 16 heavy (non-hydrogen) atoms. The van der Waals surface area contributed by atoms with Gasteiger partial charge in [0.25, 0.3) is 0 Å². The Kier molecular flexibility index (Phi) is 2.99. The van der Waals surface area contributed by atoms with Crippen LogP contribution in [0.2, 0.25) is 0 Å². The van der Waals surface area contributed by atoms with Crippen molar-refractivity contribution in [3.8, 4) is 0 Å². The van der Waals surface area contributed by atoms with Crippen molar-refractivity contribution < 1.29 is 14.3 Å². The molecule has 1 aromatic heterocycles. The number of aryl methyl sites for hydroxylation is 2. The zero-order valence-corrected chi connectivity index (χ0v) is 10.5. The van der Waals surface area contributed by atoms with E-state index in [0.29, 0.717) is 13.2 Å². The number of aromatic nitrogens is 1. The summed E-state index contributed by atoms with van der Waals surface area (Å²) in [5.74, 6) is -0.215. The molecule has 1 aliphatic rings. The predicted octanol–water partition coefficient (Wildman–Crippen LogP) is 1.45. The van der Waals surface area contributed by atoms with Crippen LogP contribution in [0.1, 0.15) is 22.5 Å². The molecule has 5 heteroatoms. The van der Waals surface area contributed by atoms with Gasteiger partial charge in [0.15, 0.2) is 5.41 Å². The fraction of sp³-hybridized carbons (Fsp3) is 0.636. The van der Waals surface area contributed by atoms with Gasteiger partial charge in [-0.1, -0.05) is 6.92 Å². The van der Waals surface area contributed by atoms with Gasteiger partial charge in [-0.2, -0.15) is 0 Å². The van der Waals surface area contributed by atoms with Crippen molar-refractivity contribution in [3.63, 3.8) is 0 Å². The van der Waals surface area contributed by atoms with Crippen LogP contribution >= 0.6 is 11.3 Å². The van der Waals surface area contributed by atoms with Gasteiger partial charge in [0.2, 0.25) is 0 Å². The Morgan fingerprint density at radius 1 is 1.62 bits per heavy atom. The van der Waals surface area contributed by atoms with Crippen LogP contribution in [0.15, 0.2) is 0 Å². The largest absolute Gasteiger partial charge is 0.468 e. The topological polar surface area (TPSA) is 48.4 Å². The quantitative estimate of drug-likeness (QED) is 0.752. The van der Waals surface area contributed by atoms with E-state index in [1.54, 1.807) is 11.3 Å². The number of carbonyl (C=O) groups is 1. The maximum Gasteiger partial charge on any atom is 0.321 e. The predicted molar refractivity (Wildman–Crippen MR) is 60.7 cm³/mol. The molecule has 0 spiro atoms. The summed E-state index contributed by atoms with van der Waals surface area (Å²) >= 11 is 1.59. The molecular weight excluding hydrogens is 226 g/mol. The van der Waals surface area contributed by atoms with Gasteiger partial charge in [-0.25, -0.2) is 4.98 Å². The maximum atomic E-state index is 11.8. The van der Waals surface area contributed by atoms with Gasteiger partial charge in [-0.15, -0.1) is 11.3 Å². The molecule has 0 atom stereocenters. The molecule has 0 unspecified atom stereocenters. The van der Waals surface area contributed by atoms with E-state index < -0.39 is 5.41 Å². The first-order chi connectivity index (χ1) is 7.64. The van der Waals surface area contributed by atoms with E-state index in [4.69, 9.17) is 9.47 Å². The molecule has 0 saturated carbocycles. The molecule has 4 nitrogen and oxygen atoms in total. The van der Waals surface area contributed by atoms with Crippen LogP contribution in [0.25, 0.3) is 0 Å². The van der Waals surface area contributed by atoms with Crippen LogP contribution in [0.4, 0.5) is 0 Å². The minimum atomic E-state index is -0.593. The smallest absolute Gasteiger partial charge is 0.321 e. The molecule has 0 aromatic carbocycles. The Morgan fingerprint density at radius 2 is 2.31 bits per heavy atom. The summed E-state index contributed by atoms with van der Waals surface area (Å²) in [5, 5.41) is 1.06. The first-order valence-electron chi connectivity index (χ1n) is 5.27. The Labute approximate surface area is 98.6 Å². The normalized spacial score (nSPS) is 17.9. The summed E-state index contributed by atoms with van der Waals surface area (Å²) in [6.45, 7) is 4.82. The number of nitrogens with zero attached hydrogens (tertiary/aromatic N) is 1. The highest BCUT2D eigenvalue weighted by Gasteiger charge is 2.51. The summed E-state index contributed by atoms with van der Waals surface area (Å²) < 4.78 is 10.1. The summed E-state index contributed by atoms with van der Waals surface area (Å²) in [5.41, 5.74) is 0.333. The first kappa shape index (κ1) is 11.5. The highest BCUT2D eigenvalue weighted by Crippen LogP contribution is 2.39. The summed E-state index contributed by atoms with van der Waals surface area (Å²) in [7, 11) is 1.42. The van der Waals surface area contributed by atoms with Gasteiger partial charge in [-0.05, 0) is 13.3 Å². The van der Waals surface area contributed by atoms with Gasteiger partial charge in [-0.3, -0.25) is 4.79 Å². The van der Waals surface area contributed by atoms with Crippen LogP contribution in [-0.2, 0) is 26.1 Å². The molecule has 0 aliphatic carbocycles. The first-order valence-corrected chi connectivity index (χ1v) is 6.08. The van der Waals surface area contributed by atoms with E-state index in [2.05, 4.69) is 11.9 Å². The van der Waals surface area contributed by atoms with Gasteiger partial charge in [0, 0.05) is 4.88 Å². The number of esters is 1. The zero-order valence-electron chi connectivity index (χ0n) is 9.70. The monoisotopic (exact) mass is 241 g/mol. The average molecular weight is 241 g/mol. The minimum absolute atomic E-state index is 0.215. The van der Waals surface area contributed by atoms with Gasteiger partial charge < -0.3 is 9.47 Å². The number of rotatable bonds is 3. The molecule has 0 bridgehead atoms. The summed E-state index contributed by atoms with van der Waals surface area (Å²) in [4.78, 5) is 17.3. The lowest BCUT2D eigenvalue weighted by atomic mass is 9.83. The van der Waals surface area contributed by atoms with Crippen LogP contribution in [0, 0.1) is 6.92 Å². The van der Waals surface area contributed by atoms with Crippen LogP contribution in [0.3, 0.4) is 0 Å². The van der Waals surface area contributed by atoms with Gasteiger partial charge >= 0.3 is 5.97 Å². The molecule has 1 aromatic rings. The lowest BCUT2D eigenvalue weighted by molar-refractivity contribution is -0.166. The van der Waals surface area contributed by atoms with Crippen molar-refractivity contribution in [2.75, 3.05) is 20.3 Å². The molecule has 0 amide bonds. The second kappa shape index (κ2) is 4.14. The second-order valence-electron chi connectivity index (χ2n) is 3.94. The number of thiazole rings is 1. The van der Waals surface area contributed by atoms with Crippen molar-refractivity contribution in [1.29, 1.82) is 0 Å². The fourth-order valence-corrected chi connectivity index (χ4v) is 3.04. The number of carbonyl (C=O) groups excluding carboxylic acids is 1. The third-order valence-corrected chi connectivity index (χ3v) is 4.36. The number of methoxy groups -OCH3 is 1. The van der Waals surface area contributed by atoms with Gasteiger partial charge in [0.1, 0.15) is 0 Å². The third-order valence-electron chi connectivity index (χ3n) is 2.85. The Hall–Kier alpha value is -0.940. The lowest BCUT2D eigenvalue weighted by Crippen LogP contribution is -2.53. The molecule has 1 fully saturated rings.